The monoisotopic (exact) mass is 396 g/mol. The molecule has 2 aromatic rings. The van der Waals surface area contributed by atoms with E-state index in [9.17, 15) is 4.79 Å². The molecule has 1 atom stereocenters. The Hall–Kier alpha value is -2.73. The molecule has 1 unspecified atom stereocenters. The van der Waals surface area contributed by atoms with Gasteiger partial charge in [0.05, 0.1) is 11.6 Å². The predicted molar refractivity (Wildman–Crippen MR) is 112 cm³/mol. The van der Waals surface area contributed by atoms with Gasteiger partial charge in [-0.05, 0) is 57.0 Å². The van der Waals surface area contributed by atoms with E-state index in [2.05, 4.69) is 22.3 Å². The van der Waals surface area contributed by atoms with Crippen LogP contribution in [0.3, 0.4) is 0 Å². The van der Waals surface area contributed by atoms with Gasteiger partial charge < -0.3 is 19.5 Å². The molecule has 4 rings (SSSR count). The first kappa shape index (κ1) is 19.6. The number of nitrogens with zero attached hydrogens (tertiary/aromatic N) is 1. The third kappa shape index (κ3) is 4.17. The van der Waals surface area contributed by atoms with Crippen molar-refractivity contribution in [3.63, 3.8) is 0 Å². The lowest BCUT2D eigenvalue weighted by molar-refractivity contribution is -0.136. The number of ether oxygens (including phenoxy) is 3. The van der Waals surface area contributed by atoms with Crippen LogP contribution in [0.1, 0.15) is 32.8 Å². The van der Waals surface area contributed by atoms with Gasteiger partial charge in [0.2, 0.25) is 5.91 Å². The Kier molecular flexibility index (Phi) is 5.37. The molecule has 1 fully saturated rings. The lowest BCUT2D eigenvalue weighted by Crippen LogP contribution is -2.63. The molecule has 0 radical (unpaired) electrons. The minimum Gasteiger partial charge on any atom is -0.491 e. The van der Waals surface area contributed by atoms with Crippen molar-refractivity contribution in [3.8, 4) is 17.2 Å². The second kappa shape index (κ2) is 7.95. The van der Waals surface area contributed by atoms with Gasteiger partial charge in [0, 0.05) is 24.8 Å². The summed E-state index contributed by atoms with van der Waals surface area (Å²) in [4.78, 5) is 15.2. The van der Waals surface area contributed by atoms with Gasteiger partial charge >= 0.3 is 0 Å². The van der Waals surface area contributed by atoms with E-state index in [4.69, 9.17) is 14.2 Å². The van der Waals surface area contributed by atoms with Crippen LogP contribution in [0.5, 0.6) is 17.2 Å². The van der Waals surface area contributed by atoms with Crippen LogP contribution in [0.4, 0.5) is 5.69 Å². The fourth-order valence-electron chi connectivity index (χ4n) is 3.67. The molecule has 2 aliphatic rings. The molecule has 0 aliphatic carbocycles. The number of amides is 1. The summed E-state index contributed by atoms with van der Waals surface area (Å²) in [6.45, 7) is 8.73. The summed E-state index contributed by atoms with van der Waals surface area (Å²) in [5.74, 6) is 2.26. The highest BCUT2D eigenvalue weighted by Gasteiger charge is 2.46. The van der Waals surface area contributed by atoms with E-state index in [0.29, 0.717) is 19.0 Å². The summed E-state index contributed by atoms with van der Waals surface area (Å²) in [6, 6.07) is 13.6. The number of likely N-dealkylation sites (tertiary alicyclic amines) is 1. The molecule has 6 nitrogen and oxygen atoms in total. The highest BCUT2D eigenvalue weighted by Crippen LogP contribution is 2.36. The normalized spacial score (nSPS) is 20.8. The number of benzene rings is 2. The molecule has 1 saturated heterocycles. The van der Waals surface area contributed by atoms with Crippen molar-refractivity contribution < 1.29 is 19.0 Å². The van der Waals surface area contributed by atoms with E-state index in [1.165, 1.54) is 5.56 Å². The molecule has 0 spiro atoms. The Morgan fingerprint density at radius 1 is 1.14 bits per heavy atom. The maximum absolute atomic E-state index is 13.0. The molecule has 29 heavy (non-hydrogen) atoms. The van der Waals surface area contributed by atoms with Gasteiger partial charge in [-0.15, -0.1) is 0 Å². The predicted octanol–water partition coefficient (Wildman–Crippen LogP) is 3.85. The molecule has 2 heterocycles. The van der Waals surface area contributed by atoms with Crippen molar-refractivity contribution in [2.24, 2.45) is 0 Å². The number of rotatable bonds is 6. The van der Waals surface area contributed by atoms with Crippen molar-refractivity contribution in [1.82, 2.24) is 4.90 Å². The molecule has 2 aliphatic heterocycles. The Balaban J connectivity index is 1.39. The van der Waals surface area contributed by atoms with Crippen LogP contribution in [0.2, 0.25) is 0 Å². The van der Waals surface area contributed by atoms with Crippen molar-refractivity contribution in [2.45, 2.75) is 45.4 Å². The van der Waals surface area contributed by atoms with Gasteiger partial charge in [-0.1, -0.05) is 12.1 Å². The van der Waals surface area contributed by atoms with E-state index < -0.39 is 5.54 Å². The third-order valence-corrected chi connectivity index (χ3v) is 5.52. The van der Waals surface area contributed by atoms with E-state index in [-0.39, 0.29) is 12.0 Å². The highest BCUT2D eigenvalue weighted by atomic mass is 16.6. The fraction of sp³-hybridized carbons (Fsp3) is 0.435. The Morgan fingerprint density at radius 3 is 2.52 bits per heavy atom. The summed E-state index contributed by atoms with van der Waals surface area (Å²) >= 11 is 0. The maximum atomic E-state index is 13.0. The van der Waals surface area contributed by atoms with Gasteiger partial charge in [-0.25, -0.2) is 0 Å². The molecule has 0 bridgehead atoms. The number of hydrogen-bond donors (Lipinski definition) is 1. The van der Waals surface area contributed by atoms with Crippen LogP contribution < -0.4 is 19.5 Å². The van der Waals surface area contributed by atoms with Crippen molar-refractivity contribution in [3.05, 3.63) is 48.0 Å². The molecule has 154 valence electrons. The minimum absolute atomic E-state index is 0.000175. The number of carbonyl (C=O) groups excluding carboxylic acids is 1. The van der Waals surface area contributed by atoms with Crippen LogP contribution >= 0.6 is 0 Å². The lowest BCUT2D eigenvalue weighted by Gasteiger charge is -2.49. The second-order valence-electron chi connectivity index (χ2n) is 8.07. The van der Waals surface area contributed by atoms with Gasteiger partial charge in [0.1, 0.15) is 19.0 Å². The number of carbonyl (C=O) groups is 1. The van der Waals surface area contributed by atoms with Crippen LogP contribution in [0.25, 0.3) is 0 Å². The van der Waals surface area contributed by atoms with Gasteiger partial charge in [-0.3, -0.25) is 9.69 Å². The SMILES string of the molecule is CC(C)Oc1ccc(CN2CCC2(C)C(=O)Nc2ccc3c(c2)OCCO3)cc1. The zero-order chi connectivity index (χ0) is 20.4. The highest BCUT2D eigenvalue weighted by molar-refractivity contribution is 5.98. The summed E-state index contributed by atoms with van der Waals surface area (Å²) < 4.78 is 16.9. The van der Waals surface area contributed by atoms with E-state index in [1.807, 2.05) is 51.1 Å². The topological polar surface area (TPSA) is 60.0 Å². The summed E-state index contributed by atoms with van der Waals surface area (Å²) in [5, 5.41) is 3.04. The third-order valence-electron chi connectivity index (χ3n) is 5.52. The van der Waals surface area contributed by atoms with Crippen LogP contribution in [-0.4, -0.2) is 42.2 Å². The Morgan fingerprint density at radius 2 is 1.86 bits per heavy atom. The molecule has 1 amide bonds. The first-order valence-corrected chi connectivity index (χ1v) is 10.2. The Bertz CT molecular complexity index is 881. The zero-order valence-electron chi connectivity index (χ0n) is 17.2. The Labute approximate surface area is 171 Å². The fourth-order valence-corrected chi connectivity index (χ4v) is 3.67. The quantitative estimate of drug-likeness (QED) is 0.804. The minimum atomic E-state index is -0.527. The molecule has 0 aromatic heterocycles. The first-order valence-electron chi connectivity index (χ1n) is 10.2. The average molecular weight is 396 g/mol. The molecule has 6 heteroatoms. The first-order chi connectivity index (χ1) is 13.9. The van der Waals surface area contributed by atoms with Crippen molar-refractivity contribution in [2.75, 3.05) is 25.1 Å². The molecule has 0 saturated carbocycles. The zero-order valence-corrected chi connectivity index (χ0v) is 17.2. The van der Waals surface area contributed by atoms with E-state index >= 15 is 0 Å². The van der Waals surface area contributed by atoms with Crippen molar-refractivity contribution >= 4 is 11.6 Å². The number of fused-ring (bicyclic) bond motifs is 1. The maximum Gasteiger partial charge on any atom is 0.244 e. The number of nitrogens with one attached hydrogen (secondary N) is 1. The van der Waals surface area contributed by atoms with Gasteiger partial charge in [-0.2, -0.15) is 0 Å². The number of hydrogen-bond acceptors (Lipinski definition) is 5. The largest absolute Gasteiger partial charge is 0.491 e. The van der Waals surface area contributed by atoms with E-state index in [1.54, 1.807) is 0 Å². The molecule has 1 N–H and O–H groups in total. The lowest BCUT2D eigenvalue weighted by atomic mass is 9.85. The number of anilines is 1. The van der Waals surface area contributed by atoms with Crippen LogP contribution in [0, 0.1) is 0 Å². The van der Waals surface area contributed by atoms with Crippen LogP contribution in [0.15, 0.2) is 42.5 Å². The summed E-state index contributed by atoms with van der Waals surface area (Å²) in [6.07, 6.45) is 0.988. The van der Waals surface area contributed by atoms with Crippen molar-refractivity contribution in [1.29, 1.82) is 0 Å². The molecule has 2 aromatic carbocycles. The van der Waals surface area contributed by atoms with Gasteiger partial charge in [0.25, 0.3) is 0 Å². The van der Waals surface area contributed by atoms with Crippen LogP contribution in [-0.2, 0) is 11.3 Å². The summed E-state index contributed by atoms with van der Waals surface area (Å²) in [7, 11) is 0. The molecular weight excluding hydrogens is 368 g/mol. The smallest absolute Gasteiger partial charge is 0.244 e. The summed E-state index contributed by atoms with van der Waals surface area (Å²) in [5.41, 5.74) is 1.36. The van der Waals surface area contributed by atoms with Gasteiger partial charge in [0.15, 0.2) is 11.5 Å². The average Bonchev–Trinajstić information content (AvgIpc) is 2.71. The standard InChI is InChI=1S/C23H28N2O4/c1-16(2)29-19-7-4-17(5-8-19)15-25-11-10-23(25,3)22(26)24-18-6-9-20-21(14-18)28-13-12-27-20/h4-9,14,16H,10-13,15H2,1-3H3,(H,24,26). The van der Waals surface area contributed by atoms with E-state index in [0.717, 1.165) is 36.7 Å². The second-order valence-corrected chi connectivity index (χ2v) is 8.07. The molecular formula is C23H28N2O4.